The van der Waals surface area contributed by atoms with Crippen LogP contribution in [0.2, 0.25) is 0 Å². The fourth-order valence-electron chi connectivity index (χ4n) is 4.98. The number of piperidine rings is 1. The van der Waals surface area contributed by atoms with Gasteiger partial charge in [0, 0.05) is 19.4 Å². The number of hydrogen-bond donors (Lipinski definition) is 3. The highest BCUT2D eigenvalue weighted by Crippen LogP contribution is 2.32. The number of aliphatic hydroxyl groups is 1. The number of aliphatic hydroxyl groups excluding tert-OH is 1. The van der Waals surface area contributed by atoms with E-state index in [1.165, 1.54) is 6.07 Å². The number of nitrogens with one attached hydrogen (secondary N) is 2. The number of carbonyl (C=O) groups excluding carboxylic acids is 5. The molecule has 2 aliphatic rings. The molecule has 49 heavy (non-hydrogen) atoms. The predicted molar refractivity (Wildman–Crippen MR) is 173 cm³/mol. The lowest BCUT2D eigenvalue weighted by molar-refractivity contribution is -0.136. The summed E-state index contributed by atoms with van der Waals surface area (Å²) in [5.74, 6) is -2.71. The van der Waals surface area contributed by atoms with Crippen LogP contribution >= 0.6 is 0 Å². The first kappa shape index (κ1) is 40.1. The van der Waals surface area contributed by atoms with Crippen molar-refractivity contribution >= 4 is 35.2 Å². The van der Waals surface area contributed by atoms with E-state index < -0.39 is 29.7 Å². The maximum Gasteiger partial charge on any atom is 0.264 e. The Kier molecular flexibility index (Phi) is 19.6. The third-order valence-electron chi connectivity index (χ3n) is 7.40. The summed E-state index contributed by atoms with van der Waals surface area (Å²) in [6.07, 6.45) is 2.46. The van der Waals surface area contributed by atoms with Crippen molar-refractivity contribution in [2.75, 3.05) is 104 Å². The second kappa shape index (κ2) is 23.9. The molecule has 0 spiro atoms. The van der Waals surface area contributed by atoms with Gasteiger partial charge in [-0.25, -0.2) is 0 Å². The van der Waals surface area contributed by atoms with Gasteiger partial charge in [0.25, 0.3) is 11.8 Å². The molecule has 3 N–H and O–H groups in total. The smallest absolute Gasteiger partial charge is 0.264 e. The average molecular weight is 696 g/mol. The van der Waals surface area contributed by atoms with E-state index in [2.05, 4.69) is 10.6 Å². The summed E-state index contributed by atoms with van der Waals surface area (Å²) in [5, 5.41) is 13.5. The Labute approximate surface area is 286 Å². The molecule has 2 heterocycles. The standard InChI is InChI=1S/C33H49N3O13/c37-10-12-44-14-16-46-18-20-48-22-24-49-23-21-47-19-17-45-15-13-43-11-3-1-2-7-28(38)34-26-6-4-5-25-30(26)33(42)36(32(25)41)27-8-9-29(39)35-31(27)40/h4-6,27,37H,1-3,7-24H2,(H,34,38)(H,35,39,40). The Morgan fingerprint density at radius 3 is 1.78 bits per heavy atom. The van der Waals surface area contributed by atoms with Crippen molar-refractivity contribution < 1.29 is 62.2 Å². The van der Waals surface area contributed by atoms with Crippen LogP contribution in [0.4, 0.5) is 5.69 Å². The van der Waals surface area contributed by atoms with Crippen molar-refractivity contribution in [3.63, 3.8) is 0 Å². The van der Waals surface area contributed by atoms with Crippen LogP contribution in [0.15, 0.2) is 18.2 Å². The zero-order valence-electron chi connectivity index (χ0n) is 28.0. The fourth-order valence-corrected chi connectivity index (χ4v) is 4.98. The summed E-state index contributed by atoms with van der Waals surface area (Å²) >= 11 is 0. The Hall–Kier alpha value is -3.35. The van der Waals surface area contributed by atoms with E-state index in [-0.39, 0.29) is 48.6 Å². The summed E-state index contributed by atoms with van der Waals surface area (Å²) in [6.45, 7) is 6.41. The van der Waals surface area contributed by atoms with Gasteiger partial charge in [0.15, 0.2) is 0 Å². The lowest BCUT2D eigenvalue weighted by atomic mass is 10.0. The number of nitrogens with zero attached hydrogens (tertiary/aromatic N) is 1. The molecule has 3 rings (SSSR count). The zero-order valence-corrected chi connectivity index (χ0v) is 28.0. The summed E-state index contributed by atoms with van der Waals surface area (Å²) in [5.41, 5.74) is 0.383. The summed E-state index contributed by atoms with van der Waals surface area (Å²) in [4.78, 5) is 63.4. The molecular weight excluding hydrogens is 646 g/mol. The molecule has 0 radical (unpaired) electrons. The molecule has 5 amide bonds. The molecule has 0 saturated carbocycles. The predicted octanol–water partition coefficient (Wildman–Crippen LogP) is 0.695. The third-order valence-corrected chi connectivity index (χ3v) is 7.40. The molecule has 274 valence electrons. The van der Waals surface area contributed by atoms with E-state index in [1.807, 2.05) is 0 Å². The van der Waals surface area contributed by atoms with Gasteiger partial charge < -0.3 is 43.6 Å². The minimum absolute atomic E-state index is 0.00772. The lowest BCUT2D eigenvalue weighted by Crippen LogP contribution is -2.54. The molecule has 1 fully saturated rings. The minimum atomic E-state index is -1.07. The van der Waals surface area contributed by atoms with Gasteiger partial charge in [-0.2, -0.15) is 0 Å². The van der Waals surface area contributed by atoms with E-state index in [0.717, 1.165) is 17.7 Å². The first-order chi connectivity index (χ1) is 23.9. The van der Waals surface area contributed by atoms with Gasteiger partial charge in [-0.3, -0.25) is 34.2 Å². The Morgan fingerprint density at radius 1 is 0.714 bits per heavy atom. The Bertz CT molecular complexity index is 1200. The molecule has 1 atom stereocenters. The number of hydrogen-bond acceptors (Lipinski definition) is 13. The van der Waals surface area contributed by atoms with Crippen LogP contribution < -0.4 is 10.6 Å². The number of rotatable bonds is 28. The maximum absolute atomic E-state index is 13.2. The quantitative estimate of drug-likeness (QED) is 0.0819. The van der Waals surface area contributed by atoms with Crippen molar-refractivity contribution in [3.8, 4) is 0 Å². The highest BCUT2D eigenvalue weighted by atomic mass is 16.6. The number of ether oxygens (including phenoxy) is 7. The van der Waals surface area contributed by atoms with E-state index in [9.17, 15) is 24.0 Å². The van der Waals surface area contributed by atoms with Gasteiger partial charge in [0.2, 0.25) is 17.7 Å². The van der Waals surface area contributed by atoms with Crippen LogP contribution in [-0.2, 0) is 47.5 Å². The van der Waals surface area contributed by atoms with Crippen molar-refractivity contribution in [1.82, 2.24) is 10.2 Å². The number of unbranched alkanes of at least 4 members (excludes halogenated alkanes) is 2. The normalized spacial score (nSPS) is 15.9. The zero-order chi connectivity index (χ0) is 35.1. The van der Waals surface area contributed by atoms with E-state index in [4.69, 9.17) is 38.3 Å². The molecule has 0 bridgehead atoms. The van der Waals surface area contributed by atoms with Crippen molar-refractivity contribution in [2.24, 2.45) is 0 Å². The summed E-state index contributed by atoms with van der Waals surface area (Å²) < 4.78 is 37.7. The van der Waals surface area contributed by atoms with Crippen LogP contribution in [-0.4, -0.2) is 145 Å². The topological polar surface area (TPSA) is 197 Å². The molecule has 0 aliphatic carbocycles. The number of anilines is 1. The van der Waals surface area contributed by atoms with Gasteiger partial charge in [0.1, 0.15) is 6.04 Å². The molecule has 16 nitrogen and oxygen atoms in total. The average Bonchev–Trinajstić information content (AvgIpc) is 3.34. The fraction of sp³-hybridized carbons (Fsp3) is 0.667. The Balaban J connectivity index is 1.11. The van der Waals surface area contributed by atoms with E-state index in [1.54, 1.807) is 12.1 Å². The molecule has 16 heteroatoms. The first-order valence-corrected chi connectivity index (χ1v) is 16.7. The van der Waals surface area contributed by atoms with Crippen LogP contribution in [0.3, 0.4) is 0 Å². The molecule has 1 saturated heterocycles. The second-order valence-electron chi connectivity index (χ2n) is 11.0. The number of fused-ring (bicyclic) bond motifs is 1. The first-order valence-electron chi connectivity index (χ1n) is 16.7. The third kappa shape index (κ3) is 14.6. The highest BCUT2D eigenvalue weighted by molar-refractivity contribution is 6.26. The number of benzene rings is 1. The van der Waals surface area contributed by atoms with Crippen LogP contribution in [0.25, 0.3) is 0 Å². The van der Waals surface area contributed by atoms with Gasteiger partial charge >= 0.3 is 0 Å². The maximum atomic E-state index is 13.2. The van der Waals surface area contributed by atoms with Crippen LogP contribution in [0, 0.1) is 0 Å². The highest BCUT2D eigenvalue weighted by Gasteiger charge is 2.45. The molecule has 1 unspecified atom stereocenters. The number of carbonyl (C=O) groups is 5. The van der Waals surface area contributed by atoms with E-state index in [0.29, 0.717) is 98.9 Å². The largest absolute Gasteiger partial charge is 0.394 e. The molecular formula is C33H49N3O13. The van der Waals surface area contributed by atoms with Gasteiger partial charge in [-0.1, -0.05) is 12.5 Å². The van der Waals surface area contributed by atoms with Crippen molar-refractivity contribution in [3.05, 3.63) is 29.3 Å². The van der Waals surface area contributed by atoms with Crippen LogP contribution in [0.5, 0.6) is 0 Å². The minimum Gasteiger partial charge on any atom is -0.394 e. The van der Waals surface area contributed by atoms with Gasteiger partial charge in [0.05, 0.1) is 109 Å². The SMILES string of the molecule is O=C1CCC(N2C(=O)c3cccc(NC(=O)CCCCCOCCOCCOCCOCCOCCOCCOCCO)c3C2=O)C(=O)N1. The number of amides is 5. The summed E-state index contributed by atoms with van der Waals surface area (Å²) in [6, 6.07) is 3.53. The lowest BCUT2D eigenvalue weighted by Gasteiger charge is -2.27. The number of imide groups is 2. The Morgan fingerprint density at radius 2 is 1.24 bits per heavy atom. The van der Waals surface area contributed by atoms with Gasteiger partial charge in [-0.05, 0) is 31.4 Å². The molecule has 2 aliphatic heterocycles. The summed E-state index contributed by atoms with van der Waals surface area (Å²) in [7, 11) is 0. The van der Waals surface area contributed by atoms with Crippen LogP contribution in [0.1, 0.15) is 59.2 Å². The molecule has 0 aromatic heterocycles. The van der Waals surface area contributed by atoms with Crippen molar-refractivity contribution in [2.45, 2.75) is 44.6 Å². The molecule has 1 aromatic rings. The monoisotopic (exact) mass is 695 g/mol. The molecule has 1 aromatic carbocycles. The van der Waals surface area contributed by atoms with E-state index >= 15 is 0 Å². The van der Waals surface area contributed by atoms with Crippen molar-refractivity contribution in [1.29, 1.82) is 0 Å². The van der Waals surface area contributed by atoms with Gasteiger partial charge in [-0.15, -0.1) is 0 Å². The second-order valence-corrected chi connectivity index (χ2v) is 11.0.